The van der Waals surface area contributed by atoms with Crippen LogP contribution in [-0.4, -0.2) is 30.1 Å². The first-order valence-electron chi connectivity index (χ1n) is 7.34. The summed E-state index contributed by atoms with van der Waals surface area (Å²) in [6.45, 7) is 0.787. The zero-order chi connectivity index (χ0) is 15.2. The van der Waals surface area contributed by atoms with Crippen LogP contribution in [-0.2, 0) is 0 Å². The molecule has 1 aliphatic carbocycles. The van der Waals surface area contributed by atoms with Gasteiger partial charge in [0.15, 0.2) is 0 Å². The molecule has 0 bridgehead atoms. The molecule has 1 saturated carbocycles. The Balaban J connectivity index is 2.07. The van der Waals surface area contributed by atoms with Crippen LogP contribution >= 0.6 is 0 Å². The minimum absolute atomic E-state index is 0.0146. The number of carbonyl (C=O) groups excluding carboxylic acids is 1. The maximum atomic E-state index is 13.6. The molecule has 1 aromatic rings. The first-order valence-corrected chi connectivity index (χ1v) is 7.34. The summed E-state index contributed by atoms with van der Waals surface area (Å²) in [7, 11) is 0. The van der Waals surface area contributed by atoms with E-state index < -0.39 is 11.6 Å². The van der Waals surface area contributed by atoms with Crippen molar-refractivity contribution in [2.45, 2.75) is 38.1 Å². The van der Waals surface area contributed by atoms with Gasteiger partial charge in [0.2, 0.25) is 0 Å². The van der Waals surface area contributed by atoms with Crippen molar-refractivity contribution >= 4 is 11.7 Å². The first-order chi connectivity index (χ1) is 10.1. The molecule has 21 heavy (non-hydrogen) atoms. The van der Waals surface area contributed by atoms with E-state index in [1.54, 1.807) is 4.90 Å². The fraction of sp³-hybridized carbons (Fsp3) is 0.533. The number of hydrogen-bond acceptors (Lipinski definition) is 2. The number of rotatable bonds is 4. The number of hydrogen-bond donors (Lipinski definition) is 2. The number of halogens is 2. The van der Waals surface area contributed by atoms with Crippen molar-refractivity contribution in [1.82, 2.24) is 4.90 Å². The van der Waals surface area contributed by atoms with Gasteiger partial charge in [0.25, 0.3) is 0 Å². The number of benzene rings is 1. The van der Waals surface area contributed by atoms with E-state index in [9.17, 15) is 13.6 Å². The minimum atomic E-state index is -0.778. The molecule has 2 amide bonds. The van der Waals surface area contributed by atoms with E-state index >= 15 is 0 Å². The summed E-state index contributed by atoms with van der Waals surface area (Å²) in [4.78, 5) is 14.0. The summed E-state index contributed by atoms with van der Waals surface area (Å²) >= 11 is 0. The Labute approximate surface area is 123 Å². The highest BCUT2D eigenvalue weighted by molar-refractivity contribution is 5.89. The highest BCUT2D eigenvalue weighted by atomic mass is 19.1. The highest BCUT2D eigenvalue weighted by Gasteiger charge is 2.25. The molecule has 4 nitrogen and oxygen atoms in total. The lowest BCUT2D eigenvalue weighted by atomic mass is 9.94. The van der Waals surface area contributed by atoms with Crippen molar-refractivity contribution in [2.24, 2.45) is 5.73 Å². The minimum Gasteiger partial charge on any atom is -0.329 e. The molecule has 116 valence electrons. The van der Waals surface area contributed by atoms with Crippen molar-refractivity contribution < 1.29 is 13.6 Å². The van der Waals surface area contributed by atoms with E-state index in [0.29, 0.717) is 13.1 Å². The van der Waals surface area contributed by atoms with E-state index in [1.807, 2.05) is 0 Å². The summed E-state index contributed by atoms with van der Waals surface area (Å²) in [6.07, 6.45) is 5.24. The van der Waals surface area contributed by atoms with Gasteiger partial charge in [-0.2, -0.15) is 0 Å². The van der Waals surface area contributed by atoms with Crippen molar-refractivity contribution in [1.29, 1.82) is 0 Å². The summed E-state index contributed by atoms with van der Waals surface area (Å²) in [6, 6.07) is 2.86. The van der Waals surface area contributed by atoms with Crippen LogP contribution in [0.15, 0.2) is 18.2 Å². The Kier molecular flexibility index (Phi) is 5.50. The van der Waals surface area contributed by atoms with Crippen molar-refractivity contribution in [3.8, 4) is 0 Å². The molecule has 0 radical (unpaired) electrons. The number of nitrogens with zero attached hydrogens (tertiary/aromatic N) is 1. The zero-order valence-corrected chi connectivity index (χ0v) is 11.9. The summed E-state index contributed by atoms with van der Waals surface area (Å²) in [5, 5.41) is 2.51. The van der Waals surface area contributed by atoms with Crippen LogP contribution in [0.2, 0.25) is 0 Å². The fourth-order valence-electron chi connectivity index (χ4n) is 2.76. The largest absolute Gasteiger partial charge is 0.329 e. The molecule has 0 unspecified atom stereocenters. The van der Waals surface area contributed by atoms with Crippen LogP contribution in [0.25, 0.3) is 0 Å². The van der Waals surface area contributed by atoms with Gasteiger partial charge in [-0.3, -0.25) is 0 Å². The quantitative estimate of drug-likeness (QED) is 0.897. The molecule has 0 heterocycles. The lowest BCUT2D eigenvalue weighted by molar-refractivity contribution is 0.169. The molecular weight excluding hydrogens is 276 g/mol. The third-order valence-corrected chi connectivity index (χ3v) is 3.82. The SMILES string of the molecule is NCCN(C(=O)Nc1ccc(F)cc1F)C1CCCCC1. The van der Waals surface area contributed by atoms with Crippen LogP contribution in [0.5, 0.6) is 0 Å². The normalized spacial score (nSPS) is 15.8. The molecule has 3 N–H and O–H groups in total. The summed E-state index contributed by atoms with van der Waals surface area (Å²) < 4.78 is 26.5. The molecule has 6 heteroatoms. The lowest BCUT2D eigenvalue weighted by Crippen LogP contribution is -2.46. The Morgan fingerprint density at radius 2 is 2.00 bits per heavy atom. The van der Waals surface area contributed by atoms with Crippen molar-refractivity contribution in [3.63, 3.8) is 0 Å². The van der Waals surface area contributed by atoms with E-state index in [4.69, 9.17) is 5.73 Å². The highest BCUT2D eigenvalue weighted by Crippen LogP contribution is 2.23. The van der Waals surface area contributed by atoms with Gasteiger partial charge >= 0.3 is 6.03 Å². The van der Waals surface area contributed by atoms with Crippen LogP contribution < -0.4 is 11.1 Å². The van der Waals surface area contributed by atoms with Gasteiger partial charge in [0, 0.05) is 25.2 Å². The van der Waals surface area contributed by atoms with Gasteiger partial charge < -0.3 is 16.0 Å². The molecule has 0 aromatic heterocycles. The molecule has 0 aliphatic heterocycles. The van der Waals surface area contributed by atoms with E-state index in [0.717, 1.165) is 37.8 Å². The number of carbonyl (C=O) groups is 1. The third-order valence-electron chi connectivity index (χ3n) is 3.82. The average Bonchev–Trinajstić information content (AvgIpc) is 2.48. The van der Waals surface area contributed by atoms with Gasteiger partial charge in [-0.1, -0.05) is 19.3 Å². The number of urea groups is 1. The molecule has 0 spiro atoms. The summed E-state index contributed by atoms with van der Waals surface area (Å²) in [5.74, 6) is -1.45. The predicted molar refractivity (Wildman–Crippen MR) is 78.0 cm³/mol. The molecule has 1 aromatic carbocycles. The maximum absolute atomic E-state index is 13.6. The third kappa shape index (κ3) is 4.14. The Morgan fingerprint density at radius 3 is 2.62 bits per heavy atom. The number of nitrogens with one attached hydrogen (secondary N) is 1. The van der Waals surface area contributed by atoms with Crippen molar-refractivity contribution in [2.75, 3.05) is 18.4 Å². The van der Waals surface area contributed by atoms with Crippen LogP contribution in [0.3, 0.4) is 0 Å². The maximum Gasteiger partial charge on any atom is 0.322 e. The molecule has 0 saturated heterocycles. The van der Waals surface area contributed by atoms with Gasteiger partial charge in [-0.25, -0.2) is 13.6 Å². The lowest BCUT2D eigenvalue weighted by Gasteiger charge is -2.34. The standard InChI is InChI=1S/C15H21F2N3O/c16-11-6-7-14(13(17)10-11)19-15(21)20(9-8-18)12-4-2-1-3-5-12/h6-7,10,12H,1-5,8-9,18H2,(H,19,21). The smallest absolute Gasteiger partial charge is 0.322 e. The van der Waals surface area contributed by atoms with Crippen LogP contribution in [0.4, 0.5) is 19.3 Å². The Morgan fingerprint density at radius 1 is 1.29 bits per heavy atom. The molecule has 0 atom stereocenters. The molecule has 1 aliphatic rings. The van der Waals surface area contributed by atoms with Gasteiger partial charge in [0.1, 0.15) is 11.6 Å². The topological polar surface area (TPSA) is 58.4 Å². The summed E-state index contributed by atoms with van der Waals surface area (Å²) in [5.41, 5.74) is 5.56. The molecule has 1 fully saturated rings. The number of nitrogens with two attached hydrogens (primary N) is 1. The van der Waals surface area contributed by atoms with E-state index in [2.05, 4.69) is 5.32 Å². The fourth-order valence-corrected chi connectivity index (χ4v) is 2.76. The zero-order valence-electron chi connectivity index (χ0n) is 11.9. The van der Waals surface area contributed by atoms with Crippen LogP contribution in [0.1, 0.15) is 32.1 Å². The van der Waals surface area contributed by atoms with Crippen molar-refractivity contribution in [3.05, 3.63) is 29.8 Å². The molecular formula is C15H21F2N3O. The second-order valence-corrected chi connectivity index (χ2v) is 5.33. The Bertz CT molecular complexity index is 490. The Hall–Kier alpha value is -1.69. The van der Waals surface area contributed by atoms with E-state index in [-0.39, 0.29) is 17.8 Å². The van der Waals surface area contributed by atoms with Gasteiger partial charge in [-0.05, 0) is 25.0 Å². The second kappa shape index (κ2) is 7.36. The average molecular weight is 297 g/mol. The predicted octanol–water partition coefficient (Wildman–Crippen LogP) is 3.09. The van der Waals surface area contributed by atoms with E-state index in [1.165, 1.54) is 12.5 Å². The van der Waals surface area contributed by atoms with Gasteiger partial charge in [-0.15, -0.1) is 0 Å². The second-order valence-electron chi connectivity index (χ2n) is 5.33. The van der Waals surface area contributed by atoms with Crippen LogP contribution in [0, 0.1) is 11.6 Å². The number of anilines is 1. The first kappa shape index (κ1) is 15.7. The molecule has 2 rings (SSSR count). The number of amides is 2. The monoisotopic (exact) mass is 297 g/mol. The van der Waals surface area contributed by atoms with Gasteiger partial charge in [0.05, 0.1) is 5.69 Å².